The number of aryl methyl sites for hydroxylation is 2. The number of nitrogens with one attached hydrogen (secondary N) is 1. The van der Waals surface area contributed by atoms with E-state index in [2.05, 4.69) is 34.6 Å². The van der Waals surface area contributed by atoms with Crippen LogP contribution in [0.15, 0.2) is 30.3 Å². The molecule has 0 radical (unpaired) electrons. The summed E-state index contributed by atoms with van der Waals surface area (Å²) in [6.07, 6.45) is 0. The molecule has 0 saturated carbocycles. The largest absolute Gasteiger partial charge is 0.306 e. The van der Waals surface area contributed by atoms with Gasteiger partial charge in [-0.3, -0.25) is 0 Å². The van der Waals surface area contributed by atoms with Gasteiger partial charge in [-0.15, -0.1) is 0 Å². The average Bonchev–Trinajstić information content (AvgIpc) is 2.39. The Morgan fingerprint density at radius 2 is 2.00 bits per heavy atom. The monoisotopic (exact) mass is 275 g/mol. The second-order valence-electron chi connectivity index (χ2n) is 4.57. The van der Waals surface area contributed by atoms with Gasteiger partial charge in [0.1, 0.15) is 0 Å². The first-order chi connectivity index (χ1) is 9.11. The number of nitrogens with zero attached hydrogens (tertiary/aromatic N) is 2. The molecule has 1 unspecified atom stereocenters. The number of rotatable bonds is 4. The first-order valence-corrected chi connectivity index (χ1v) is 6.79. The summed E-state index contributed by atoms with van der Waals surface area (Å²) in [5, 5.41) is 12.5. The molecule has 0 fully saturated rings. The third-order valence-corrected chi connectivity index (χ3v) is 3.28. The van der Waals surface area contributed by atoms with Gasteiger partial charge in [0.2, 0.25) is 0 Å². The molecule has 0 aliphatic heterocycles. The molecule has 2 aromatic rings. The van der Waals surface area contributed by atoms with Gasteiger partial charge in [-0.05, 0) is 49.7 Å². The van der Waals surface area contributed by atoms with Crippen molar-refractivity contribution in [2.24, 2.45) is 0 Å². The number of halogens is 1. The standard InChI is InChI=1S/C15H18ClN3/c1-4-17-15(12-6-5-7-13(16)9-12)14-8-10(2)18-19-11(14)3/h5-9,15,17H,4H2,1-3H3. The highest BCUT2D eigenvalue weighted by Gasteiger charge is 2.16. The minimum absolute atomic E-state index is 0.0953. The second-order valence-corrected chi connectivity index (χ2v) is 5.01. The Bertz CT molecular complexity index is 569. The second kappa shape index (κ2) is 6.13. The molecule has 0 aliphatic carbocycles. The summed E-state index contributed by atoms with van der Waals surface area (Å²) in [5.74, 6) is 0. The van der Waals surface area contributed by atoms with Gasteiger partial charge in [-0.1, -0.05) is 30.7 Å². The van der Waals surface area contributed by atoms with Gasteiger partial charge in [0.05, 0.1) is 17.4 Å². The summed E-state index contributed by atoms with van der Waals surface area (Å²) in [6, 6.07) is 10.1. The molecule has 0 aliphatic rings. The summed E-state index contributed by atoms with van der Waals surface area (Å²) in [7, 11) is 0. The Hall–Kier alpha value is -1.45. The van der Waals surface area contributed by atoms with Gasteiger partial charge in [-0.2, -0.15) is 10.2 Å². The van der Waals surface area contributed by atoms with E-state index in [1.807, 2.05) is 32.0 Å². The minimum atomic E-state index is 0.0953. The Kier molecular flexibility index (Phi) is 4.51. The fraction of sp³-hybridized carbons (Fsp3) is 0.333. The lowest BCUT2D eigenvalue weighted by atomic mass is 9.97. The first kappa shape index (κ1) is 14.0. The van der Waals surface area contributed by atoms with E-state index in [9.17, 15) is 0 Å². The molecule has 100 valence electrons. The SMILES string of the molecule is CCNC(c1cccc(Cl)c1)c1cc(C)nnc1C. The van der Waals surface area contributed by atoms with Crippen LogP contribution in [0.1, 0.15) is 35.5 Å². The molecule has 19 heavy (non-hydrogen) atoms. The highest BCUT2D eigenvalue weighted by atomic mass is 35.5. The fourth-order valence-electron chi connectivity index (χ4n) is 2.16. The maximum Gasteiger partial charge on any atom is 0.0651 e. The van der Waals surface area contributed by atoms with Crippen LogP contribution in [0.25, 0.3) is 0 Å². The van der Waals surface area contributed by atoms with E-state index in [1.165, 1.54) is 0 Å². The molecule has 1 heterocycles. The molecule has 0 bridgehead atoms. The van der Waals surface area contributed by atoms with Crippen molar-refractivity contribution < 1.29 is 0 Å². The molecule has 0 spiro atoms. The van der Waals surface area contributed by atoms with Crippen LogP contribution in [-0.2, 0) is 0 Å². The van der Waals surface area contributed by atoms with Crippen LogP contribution in [0.5, 0.6) is 0 Å². The number of hydrogen-bond donors (Lipinski definition) is 1. The number of benzene rings is 1. The molecule has 1 aromatic heterocycles. The molecule has 3 nitrogen and oxygen atoms in total. The van der Waals surface area contributed by atoms with E-state index in [0.717, 1.165) is 34.1 Å². The smallest absolute Gasteiger partial charge is 0.0651 e. The maximum atomic E-state index is 6.09. The molecule has 1 N–H and O–H groups in total. The van der Waals surface area contributed by atoms with Gasteiger partial charge >= 0.3 is 0 Å². The maximum absolute atomic E-state index is 6.09. The Morgan fingerprint density at radius 1 is 1.21 bits per heavy atom. The lowest BCUT2D eigenvalue weighted by molar-refractivity contribution is 0.620. The van der Waals surface area contributed by atoms with Gasteiger partial charge in [0.15, 0.2) is 0 Å². The summed E-state index contributed by atoms with van der Waals surface area (Å²) in [5.41, 5.74) is 4.16. The Morgan fingerprint density at radius 3 is 2.68 bits per heavy atom. The van der Waals surface area contributed by atoms with E-state index < -0.39 is 0 Å². The summed E-state index contributed by atoms with van der Waals surface area (Å²) in [4.78, 5) is 0. The van der Waals surface area contributed by atoms with Crippen molar-refractivity contribution in [3.63, 3.8) is 0 Å². The molecular weight excluding hydrogens is 258 g/mol. The van der Waals surface area contributed by atoms with Gasteiger partial charge in [0, 0.05) is 5.02 Å². The first-order valence-electron chi connectivity index (χ1n) is 6.41. The van der Waals surface area contributed by atoms with Crippen LogP contribution >= 0.6 is 11.6 Å². The van der Waals surface area contributed by atoms with Crippen LogP contribution in [0.3, 0.4) is 0 Å². The van der Waals surface area contributed by atoms with E-state index in [4.69, 9.17) is 11.6 Å². The van der Waals surface area contributed by atoms with Gasteiger partial charge < -0.3 is 5.32 Å². The van der Waals surface area contributed by atoms with Crippen LogP contribution in [0.2, 0.25) is 5.02 Å². The average molecular weight is 276 g/mol. The number of aromatic nitrogens is 2. The molecule has 0 saturated heterocycles. The van der Waals surface area contributed by atoms with E-state index in [1.54, 1.807) is 0 Å². The molecule has 2 rings (SSSR count). The summed E-state index contributed by atoms with van der Waals surface area (Å²) < 4.78 is 0. The summed E-state index contributed by atoms with van der Waals surface area (Å²) >= 11 is 6.09. The highest BCUT2D eigenvalue weighted by molar-refractivity contribution is 6.30. The number of hydrogen-bond acceptors (Lipinski definition) is 3. The third-order valence-electron chi connectivity index (χ3n) is 3.04. The minimum Gasteiger partial charge on any atom is -0.306 e. The summed E-state index contributed by atoms with van der Waals surface area (Å²) in [6.45, 7) is 6.90. The zero-order valence-corrected chi connectivity index (χ0v) is 12.2. The Labute approximate surface area is 119 Å². The quantitative estimate of drug-likeness (QED) is 0.929. The van der Waals surface area contributed by atoms with Crippen LogP contribution < -0.4 is 5.32 Å². The van der Waals surface area contributed by atoms with Crippen LogP contribution in [-0.4, -0.2) is 16.7 Å². The normalized spacial score (nSPS) is 12.4. The predicted octanol–water partition coefficient (Wildman–Crippen LogP) is 3.45. The molecular formula is C15H18ClN3. The van der Waals surface area contributed by atoms with Crippen molar-refractivity contribution in [1.29, 1.82) is 0 Å². The van der Waals surface area contributed by atoms with E-state index in [0.29, 0.717) is 0 Å². The molecule has 1 atom stereocenters. The van der Waals surface area contributed by atoms with Gasteiger partial charge in [0.25, 0.3) is 0 Å². The van der Waals surface area contributed by atoms with Crippen molar-refractivity contribution in [1.82, 2.24) is 15.5 Å². The van der Waals surface area contributed by atoms with Crippen LogP contribution in [0, 0.1) is 13.8 Å². The van der Waals surface area contributed by atoms with Crippen molar-refractivity contribution in [2.75, 3.05) is 6.54 Å². The topological polar surface area (TPSA) is 37.8 Å². The molecule has 1 aromatic carbocycles. The van der Waals surface area contributed by atoms with Crippen molar-refractivity contribution in [3.05, 3.63) is 57.9 Å². The lowest BCUT2D eigenvalue weighted by Crippen LogP contribution is -2.23. The third kappa shape index (κ3) is 3.31. The predicted molar refractivity (Wildman–Crippen MR) is 78.5 cm³/mol. The van der Waals surface area contributed by atoms with Crippen molar-refractivity contribution >= 4 is 11.6 Å². The highest BCUT2D eigenvalue weighted by Crippen LogP contribution is 2.26. The van der Waals surface area contributed by atoms with E-state index >= 15 is 0 Å². The zero-order chi connectivity index (χ0) is 13.8. The van der Waals surface area contributed by atoms with Crippen molar-refractivity contribution in [2.45, 2.75) is 26.8 Å². The molecule has 4 heteroatoms. The molecule has 0 amide bonds. The fourth-order valence-corrected chi connectivity index (χ4v) is 2.36. The zero-order valence-electron chi connectivity index (χ0n) is 11.4. The Balaban J connectivity index is 2.48. The lowest BCUT2D eigenvalue weighted by Gasteiger charge is -2.20. The van der Waals surface area contributed by atoms with Crippen LogP contribution in [0.4, 0.5) is 0 Å². The van der Waals surface area contributed by atoms with Gasteiger partial charge in [-0.25, -0.2) is 0 Å². The van der Waals surface area contributed by atoms with E-state index in [-0.39, 0.29) is 6.04 Å². The van der Waals surface area contributed by atoms with Crippen molar-refractivity contribution in [3.8, 4) is 0 Å².